The number of aromatic nitrogens is 3. The fourth-order valence-electron chi connectivity index (χ4n) is 5.79. The second-order valence-electron chi connectivity index (χ2n) is 10.4. The molecule has 3 aromatic rings. The molecule has 3 N–H and O–H groups in total. The zero-order valence-corrected chi connectivity index (χ0v) is 20.5. The van der Waals surface area contributed by atoms with Crippen molar-refractivity contribution in [2.75, 3.05) is 13.1 Å². The Bertz CT molecular complexity index is 1140. The SMILES string of the molecule is Cc1nocc1C(=O)NC(c1nc2c(F)cc(CC3CCNCC3)cc2[nH]1)C1CCCCCCC1. The molecule has 1 saturated heterocycles. The molecular weight excluding hydrogens is 445 g/mol. The number of carbonyl (C=O) groups is 1. The highest BCUT2D eigenvalue weighted by molar-refractivity contribution is 5.95. The van der Waals surface area contributed by atoms with Crippen LogP contribution >= 0.6 is 0 Å². The van der Waals surface area contributed by atoms with Gasteiger partial charge in [-0.25, -0.2) is 9.37 Å². The van der Waals surface area contributed by atoms with Gasteiger partial charge in [-0.15, -0.1) is 0 Å². The standard InChI is InChI=1S/C27H36FN5O2/c1-17-21(16-35-33-17)27(34)32-24(20-7-5-3-2-4-6-8-20)26-30-23-15-19(14-22(28)25(23)31-26)13-18-9-11-29-12-10-18/h14-16,18,20,24,29H,2-13H2,1H3,(H,30,31)(H,32,34). The number of hydrogen-bond acceptors (Lipinski definition) is 5. The number of halogens is 1. The molecule has 188 valence electrons. The molecule has 2 aliphatic rings. The number of H-pyrrole nitrogens is 1. The van der Waals surface area contributed by atoms with Gasteiger partial charge in [0, 0.05) is 0 Å². The lowest BCUT2D eigenvalue weighted by molar-refractivity contribution is 0.0911. The van der Waals surface area contributed by atoms with E-state index in [2.05, 4.69) is 20.8 Å². The molecule has 35 heavy (non-hydrogen) atoms. The Balaban J connectivity index is 1.44. The van der Waals surface area contributed by atoms with Crippen LogP contribution in [-0.4, -0.2) is 34.1 Å². The Labute approximate surface area is 205 Å². The van der Waals surface area contributed by atoms with E-state index in [1.807, 2.05) is 6.07 Å². The van der Waals surface area contributed by atoms with E-state index in [0.29, 0.717) is 34.0 Å². The van der Waals surface area contributed by atoms with Gasteiger partial charge in [0.05, 0.1) is 17.3 Å². The summed E-state index contributed by atoms with van der Waals surface area (Å²) in [5, 5.41) is 10.4. The third kappa shape index (κ3) is 5.58. The molecule has 2 fully saturated rings. The van der Waals surface area contributed by atoms with Gasteiger partial charge in [-0.2, -0.15) is 0 Å². The number of amides is 1. The van der Waals surface area contributed by atoms with Gasteiger partial charge >= 0.3 is 0 Å². The van der Waals surface area contributed by atoms with Crippen molar-refractivity contribution in [1.82, 2.24) is 25.8 Å². The topological polar surface area (TPSA) is 95.8 Å². The average molecular weight is 482 g/mol. The first-order valence-electron chi connectivity index (χ1n) is 13.2. The Morgan fingerprint density at radius 1 is 1.14 bits per heavy atom. The first kappa shape index (κ1) is 24.0. The Hall–Kier alpha value is -2.74. The molecule has 1 aliphatic heterocycles. The number of carbonyl (C=O) groups excluding carboxylic acids is 1. The molecule has 7 nitrogen and oxygen atoms in total. The monoisotopic (exact) mass is 481 g/mol. The second kappa shape index (κ2) is 10.9. The zero-order valence-electron chi connectivity index (χ0n) is 20.5. The van der Waals surface area contributed by atoms with Crippen LogP contribution in [0.5, 0.6) is 0 Å². The van der Waals surface area contributed by atoms with Crippen molar-refractivity contribution in [3.63, 3.8) is 0 Å². The minimum absolute atomic E-state index is 0.233. The highest BCUT2D eigenvalue weighted by Crippen LogP contribution is 2.34. The molecule has 5 rings (SSSR count). The summed E-state index contributed by atoms with van der Waals surface area (Å²) in [5.74, 6) is 0.905. The van der Waals surface area contributed by atoms with Crippen molar-refractivity contribution in [1.29, 1.82) is 0 Å². The van der Waals surface area contributed by atoms with Crippen LogP contribution in [0.25, 0.3) is 11.0 Å². The summed E-state index contributed by atoms with van der Waals surface area (Å²) >= 11 is 0. The van der Waals surface area contributed by atoms with Crippen molar-refractivity contribution < 1.29 is 13.7 Å². The molecule has 0 bridgehead atoms. The van der Waals surface area contributed by atoms with E-state index < -0.39 is 0 Å². The van der Waals surface area contributed by atoms with Crippen molar-refractivity contribution in [3.05, 3.63) is 46.9 Å². The van der Waals surface area contributed by atoms with Gasteiger partial charge in [-0.3, -0.25) is 4.79 Å². The predicted octanol–water partition coefficient (Wildman–Crippen LogP) is 5.37. The van der Waals surface area contributed by atoms with Crippen molar-refractivity contribution in [3.8, 4) is 0 Å². The predicted molar refractivity (Wildman–Crippen MR) is 133 cm³/mol. The number of nitrogens with zero attached hydrogens (tertiary/aromatic N) is 2. The van der Waals surface area contributed by atoms with Gasteiger partial charge < -0.3 is 20.1 Å². The van der Waals surface area contributed by atoms with Crippen LogP contribution < -0.4 is 10.6 Å². The third-order valence-corrected chi connectivity index (χ3v) is 7.80. The minimum Gasteiger partial charge on any atom is -0.364 e. The number of fused-ring (bicyclic) bond motifs is 1. The van der Waals surface area contributed by atoms with Gasteiger partial charge in [0.25, 0.3) is 5.91 Å². The Morgan fingerprint density at radius 3 is 2.60 bits per heavy atom. The lowest BCUT2D eigenvalue weighted by Crippen LogP contribution is -2.35. The van der Waals surface area contributed by atoms with Gasteiger partial charge in [0.15, 0.2) is 5.82 Å². The molecule has 1 saturated carbocycles. The number of imidazole rings is 1. The fourth-order valence-corrected chi connectivity index (χ4v) is 5.79. The summed E-state index contributed by atoms with van der Waals surface area (Å²) in [6.45, 7) is 3.81. The molecule has 0 radical (unpaired) electrons. The number of benzene rings is 1. The number of hydrogen-bond donors (Lipinski definition) is 3. The van der Waals surface area contributed by atoms with Crippen LogP contribution in [0.2, 0.25) is 0 Å². The second-order valence-corrected chi connectivity index (χ2v) is 10.4. The molecule has 1 aliphatic carbocycles. The van der Waals surface area contributed by atoms with Crippen LogP contribution in [0.1, 0.15) is 91.3 Å². The van der Waals surface area contributed by atoms with Crippen LogP contribution in [0, 0.1) is 24.6 Å². The van der Waals surface area contributed by atoms with E-state index in [1.54, 1.807) is 13.0 Å². The molecular formula is C27H36FN5O2. The minimum atomic E-state index is -0.324. The molecule has 8 heteroatoms. The normalized spacial score (nSPS) is 19.4. The summed E-state index contributed by atoms with van der Waals surface area (Å²) < 4.78 is 20.2. The van der Waals surface area contributed by atoms with Crippen LogP contribution in [0.3, 0.4) is 0 Å². The first-order valence-corrected chi connectivity index (χ1v) is 13.2. The molecule has 1 atom stereocenters. The number of rotatable bonds is 6. The van der Waals surface area contributed by atoms with Crippen LogP contribution in [-0.2, 0) is 6.42 Å². The zero-order chi connectivity index (χ0) is 24.2. The quantitative estimate of drug-likeness (QED) is 0.440. The van der Waals surface area contributed by atoms with E-state index in [4.69, 9.17) is 9.51 Å². The largest absolute Gasteiger partial charge is 0.364 e. The summed E-state index contributed by atoms with van der Waals surface area (Å²) in [4.78, 5) is 21.2. The van der Waals surface area contributed by atoms with Gasteiger partial charge in [-0.1, -0.05) is 37.3 Å². The molecule has 1 unspecified atom stereocenters. The summed E-state index contributed by atoms with van der Waals surface area (Å²) in [6, 6.07) is 3.35. The smallest absolute Gasteiger partial charge is 0.257 e. The summed E-state index contributed by atoms with van der Waals surface area (Å²) in [5.41, 5.74) is 3.03. The van der Waals surface area contributed by atoms with Gasteiger partial charge in [0.2, 0.25) is 0 Å². The van der Waals surface area contributed by atoms with Crippen LogP contribution in [0.4, 0.5) is 4.39 Å². The first-order chi connectivity index (χ1) is 17.1. The van der Waals surface area contributed by atoms with Crippen molar-refractivity contribution in [2.45, 2.75) is 77.2 Å². The van der Waals surface area contributed by atoms with Gasteiger partial charge in [0.1, 0.15) is 23.2 Å². The lowest BCUT2D eigenvalue weighted by atomic mass is 9.85. The maximum Gasteiger partial charge on any atom is 0.257 e. The maximum atomic E-state index is 15.2. The fraction of sp³-hybridized carbons (Fsp3) is 0.593. The summed E-state index contributed by atoms with van der Waals surface area (Å²) in [7, 11) is 0. The van der Waals surface area contributed by atoms with E-state index in [1.165, 1.54) is 25.5 Å². The average Bonchev–Trinajstić information content (AvgIpc) is 3.45. The Morgan fingerprint density at radius 2 is 1.89 bits per heavy atom. The van der Waals surface area contributed by atoms with Crippen LogP contribution in [0.15, 0.2) is 22.9 Å². The lowest BCUT2D eigenvalue weighted by Gasteiger charge is -2.28. The molecule has 1 aromatic carbocycles. The highest BCUT2D eigenvalue weighted by atomic mass is 19.1. The van der Waals surface area contributed by atoms with Crippen molar-refractivity contribution >= 4 is 16.9 Å². The number of aryl methyl sites for hydroxylation is 1. The van der Waals surface area contributed by atoms with E-state index in [0.717, 1.165) is 63.6 Å². The number of nitrogens with one attached hydrogen (secondary N) is 3. The summed E-state index contributed by atoms with van der Waals surface area (Å²) in [6.07, 6.45) is 12.4. The maximum absolute atomic E-state index is 15.2. The third-order valence-electron chi connectivity index (χ3n) is 7.80. The number of piperidine rings is 1. The van der Waals surface area contributed by atoms with E-state index in [-0.39, 0.29) is 23.7 Å². The van der Waals surface area contributed by atoms with Gasteiger partial charge in [-0.05, 0) is 81.6 Å². The van der Waals surface area contributed by atoms with Crippen molar-refractivity contribution in [2.24, 2.45) is 11.8 Å². The Kier molecular flexibility index (Phi) is 7.46. The molecule has 3 heterocycles. The molecule has 0 spiro atoms. The van der Waals surface area contributed by atoms with E-state index in [9.17, 15) is 4.79 Å². The number of aromatic amines is 1. The highest BCUT2D eigenvalue weighted by Gasteiger charge is 2.30. The molecule has 1 amide bonds. The molecule has 2 aromatic heterocycles. The van der Waals surface area contributed by atoms with E-state index >= 15 is 4.39 Å².